The first-order chi connectivity index (χ1) is 10.2. The molecule has 0 fully saturated rings. The zero-order chi connectivity index (χ0) is 14.8. The monoisotopic (exact) mass is 282 g/mol. The van der Waals surface area contributed by atoms with E-state index >= 15 is 0 Å². The number of nitrogens with zero attached hydrogens (tertiary/aromatic N) is 2. The van der Waals surface area contributed by atoms with Crippen LogP contribution in [0.4, 0.5) is 0 Å². The fourth-order valence-corrected chi connectivity index (χ4v) is 2.15. The molecule has 106 valence electrons. The summed E-state index contributed by atoms with van der Waals surface area (Å²) in [5, 5.41) is 13.7. The van der Waals surface area contributed by atoms with Crippen molar-refractivity contribution in [2.75, 3.05) is 0 Å². The number of benzene rings is 1. The van der Waals surface area contributed by atoms with Crippen LogP contribution in [0.5, 0.6) is 0 Å². The third-order valence-corrected chi connectivity index (χ3v) is 3.29. The van der Waals surface area contributed by atoms with Gasteiger partial charge < -0.3 is 9.52 Å². The van der Waals surface area contributed by atoms with Crippen LogP contribution in [-0.4, -0.2) is 20.9 Å². The Morgan fingerprint density at radius 3 is 2.62 bits per heavy atom. The molecule has 3 rings (SSSR count). The van der Waals surface area contributed by atoms with E-state index in [0.717, 1.165) is 6.42 Å². The van der Waals surface area contributed by atoms with Gasteiger partial charge in [0.25, 0.3) is 0 Å². The van der Waals surface area contributed by atoms with Crippen molar-refractivity contribution in [3.05, 3.63) is 60.0 Å². The lowest BCUT2D eigenvalue weighted by atomic mass is 10.1. The van der Waals surface area contributed by atoms with Crippen molar-refractivity contribution in [1.29, 1.82) is 0 Å². The lowest BCUT2D eigenvalue weighted by Gasteiger charge is -2.05. The predicted molar refractivity (Wildman–Crippen MR) is 77.6 cm³/mol. The Kier molecular flexibility index (Phi) is 3.31. The Bertz CT molecular complexity index is 755. The fraction of sp³-hybridized carbons (Fsp3) is 0.125. The zero-order valence-electron chi connectivity index (χ0n) is 11.5. The SMILES string of the molecule is CCc1ccc(-n2nc(-c3ccco3)cc2C(=O)O)cc1. The number of hydrogen-bond donors (Lipinski definition) is 1. The molecule has 1 N–H and O–H groups in total. The van der Waals surface area contributed by atoms with Gasteiger partial charge in [-0.1, -0.05) is 19.1 Å². The molecule has 0 saturated carbocycles. The van der Waals surface area contributed by atoms with Crippen LogP contribution in [0.15, 0.2) is 53.1 Å². The molecule has 0 radical (unpaired) electrons. The number of furan rings is 1. The summed E-state index contributed by atoms with van der Waals surface area (Å²) in [5.74, 6) is -0.485. The third kappa shape index (κ3) is 2.45. The molecule has 5 heteroatoms. The number of carbonyl (C=O) groups is 1. The summed E-state index contributed by atoms with van der Waals surface area (Å²) in [6.07, 6.45) is 2.47. The number of aromatic nitrogens is 2. The minimum atomic E-state index is -1.03. The molecular weight excluding hydrogens is 268 g/mol. The van der Waals surface area contributed by atoms with Gasteiger partial charge in [0.05, 0.1) is 12.0 Å². The fourth-order valence-electron chi connectivity index (χ4n) is 2.15. The minimum Gasteiger partial charge on any atom is -0.477 e. The summed E-state index contributed by atoms with van der Waals surface area (Å²) in [5.41, 5.74) is 2.50. The van der Waals surface area contributed by atoms with Crippen LogP contribution in [-0.2, 0) is 6.42 Å². The van der Waals surface area contributed by atoms with Crippen LogP contribution >= 0.6 is 0 Å². The largest absolute Gasteiger partial charge is 0.477 e. The van der Waals surface area contributed by atoms with Gasteiger partial charge in [-0.05, 0) is 36.2 Å². The van der Waals surface area contributed by atoms with Crippen molar-refractivity contribution in [3.63, 3.8) is 0 Å². The summed E-state index contributed by atoms with van der Waals surface area (Å²) in [4.78, 5) is 11.4. The summed E-state index contributed by atoms with van der Waals surface area (Å²) in [7, 11) is 0. The van der Waals surface area contributed by atoms with E-state index in [4.69, 9.17) is 4.42 Å². The highest BCUT2D eigenvalue weighted by Gasteiger charge is 2.17. The van der Waals surface area contributed by atoms with Gasteiger partial charge in [0, 0.05) is 6.07 Å². The molecule has 0 aliphatic rings. The molecule has 0 aliphatic carbocycles. The van der Waals surface area contributed by atoms with Crippen molar-refractivity contribution in [2.45, 2.75) is 13.3 Å². The lowest BCUT2D eigenvalue weighted by Crippen LogP contribution is -2.07. The maximum absolute atomic E-state index is 11.4. The smallest absolute Gasteiger partial charge is 0.354 e. The van der Waals surface area contributed by atoms with E-state index in [2.05, 4.69) is 12.0 Å². The van der Waals surface area contributed by atoms with Crippen LogP contribution in [0.3, 0.4) is 0 Å². The molecule has 3 aromatic rings. The second kappa shape index (κ2) is 5.28. The Morgan fingerprint density at radius 1 is 1.29 bits per heavy atom. The van der Waals surface area contributed by atoms with E-state index in [0.29, 0.717) is 17.1 Å². The second-order valence-corrected chi connectivity index (χ2v) is 4.63. The summed E-state index contributed by atoms with van der Waals surface area (Å²) in [6, 6.07) is 12.7. The zero-order valence-corrected chi connectivity index (χ0v) is 11.5. The average Bonchev–Trinajstić information content (AvgIpc) is 3.16. The summed E-state index contributed by atoms with van der Waals surface area (Å²) in [6.45, 7) is 2.07. The van der Waals surface area contributed by atoms with E-state index < -0.39 is 5.97 Å². The first-order valence-corrected chi connectivity index (χ1v) is 6.65. The molecule has 0 unspecified atom stereocenters. The maximum Gasteiger partial charge on any atom is 0.354 e. The summed E-state index contributed by atoms with van der Waals surface area (Å²) < 4.78 is 6.69. The Hall–Kier alpha value is -2.82. The molecule has 0 bridgehead atoms. The molecule has 0 atom stereocenters. The molecule has 0 saturated heterocycles. The molecule has 5 nitrogen and oxygen atoms in total. The summed E-state index contributed by atoms with van der Waals surface area (Å²) >= 11 is 0. The van der Waals surface area contributed by atoms with Gasteiger partial charge in [-0.25, -0.2) is 9.48 Å². The van der Waals surface area contributed by atoms with Gasteiger partial charge >= 0.3 is 5.97 Å². The highest BCUT2D eigenvalue weighted by atomic mass is 16.4. The number of aryl methyl sites for hydroxylation is 1. The Balaban J connectivity index is 2.09. The normalized spacial score (nSPS) is 10.7. The van der Waals surface area contributed by atoms with Crippen molar-refractivity contribution in [1.82, 2.24) is 9.78 Å². The number of hydrogen-bond acceptors (Lipinski definition) is 3. The van der Waals surface area contributed by atoms with Gasteiger partial charge in [0.15, 0.2) is 11.5 Å². The van der Waals surface area contributed by atoms with Gasteiger partial charge in [0.2, 0.25) is 0 Å². The quantitative estimate of drug-likeness (QED) is 0.796. The van der Waals surface area contributed by atoms with E-state index in [1.807, 2.05) is 24.3 Å². The van der Waals surface area contributed by atoms with Crippen LogP contribution in [0.1, 0.15) is 23.0 Å². The van der Waals surface area contributed by atoms with Crippen molar-refractivity contribution in [3.8, 4) is 17.1 Å². The Morgan fingerprint density at radius 2 is 2.05 bits per heavy atom. The van der Waals surface area contributed by atoms with Gasteiger partial charge in [-0.3, -0.25) is 0 Å². The molecule has 1 aromatic carbocycles. The second-order valence-electron chi connectivity index (χ2n) is 4.63. The highest BCUT2D eigenvalue weighted by molar-refractivity contribution is 5.87. The minimum absolute atomic E-state index is 0.102. The lowest BCUT2D eigenvalue weighted by molar-refractivity contribution is 0.0687. The first kappa shape index (κ1) is 13.2. The van der Waals surface area contributed by atoms with Crippen LogP contribution in [0.25, 0.3) is 17.1 Å². The van der Waals surface area contributed by atoms with Crippen molar-refractivity contribution >= 4 is 5.97 Å². The number of rotatable bonds is 4. The number of carboxylic acids is 1. The van der Waals surface area contributed by atoms with Crippen molar-refractivity contribution < 1.29 is 14.3 Å². The topological polar surface area (TPSA) is 68.3 Å². The predicted octanol–water partition coefficient (Wildman–Crippen LogP) is 3.39. The Labute approximate surface area is 121 Å². The van der Waals surface area contributed by atoms with E-state index in [1.165, 1.54) is 22.6 Å². The van der Waals surface area contributed by atoms with Crippen molar-refractivity contribution in [2.24, 2.45) is 0 Å². The van der Waals surface area contributed by atoms with Gasteiger partial charge in [-0.15, -0.1) is 0 Å². The molecule has 2 aromatic heterocycles. The first-order valence-electron chi connectivity index (χ1n) is 6.65. The third-order valence-electron chi connectivity index (χ3n) is 3.29. The van der Waals surface area contributed by atoms with Crippen LogP contribution in [0, 0.1) is 0 Å². The van der Waals surface area contributed by atoms with Gasteiger partial charge in [-0.2, -0.15) is 5.10 Å². The van der Waals surface area contributed by atoms with Gasteiger partial charge in [0.1, 0.15) is 5.69 Å². The van der Waals surface area contributed by atoms with E-state index in [-0.39, 0.29) is 5.69 Å². The van der Waals surface area contributed by atoms with Crippen LogP contribution < -0.4 is 0 Å². The molecule has 2 heterocycles. The molecular formula is C16H14N2O3. The molecule has 0 amide bonds. The number of aromatic carboxylic acids is 1. The molecule has 0 aliphatic heterocycles. The maximum atomic E-state index is 11.4. The highest BCUT2D eigenvalue weighted by Crippen LogP contribution is 2.22. The average molecular weight is 282 g/mol. The molecule has 21 heavy (non-hydrogen) atoms. The van der Waals surface area contributed by atoms with Crippen LogP contribution in [0.2, 0.25) is 0 Å². The van der Waals surface area contributed by atoms with E-state index in [9.17, 15) is 9.90 Å². The standard InChI is InChI=1S/C16H14N2O3/c1-2-11-5-7-12(8-6-11)18-14(16(19)20)10-13(17-18)15-4-3-9-21-15/h3-10H,2H2,1H3,(H,19,20). The molecule has 0 spiro atoms. The number of carboxylic acid groups (broad SMARTS) is 1. The van der Waals surface area contributed by atoms with E-state index in [1.54, 1.807) is 12.1 Å².